The Kier molecular flexibility index (Phi) is 5.93. The van der Waals surface area contributed by atoms with Gasteiger partial charge in [-0.3, -0.25) is 14.3 Å². The summed E-state index contributed by atoms with van der Waals surface area (Å²) in [5, 5.41) is 0. The van der Waals surface area contributed by atoms with E-state index in [1.54, 1.807) is 17.0 Å². The SMILES string of the molecule is Cc1ccc(NS(=O)(=O)c2ccc(C(=O)N3CCC(C(N)=O)CC3)cc2)cc1C. The molecule has 1 aliphatic heterocycles. The van der Waals surface area contributed by atoms with Crippen molar-refractivity contribution < 1.29 is 18.0 Å². The number of amides is 2. The normalized spacial score (nSPS) is 15.2. The molecule has 3 N–H and O–H groups in total. The van der Waals surface area contributed by atoms with Crippen molar-refractivity contribution in [2.24, 2.45) is 11.7 Å². The van der Waals surface area contributed by atoms with Gasteiger partial charge >= 0.3 is 0 Å². The number of primary amides is 1. The smallest absolute Gasteiger partial charge is 0.261 e. The number of aryl methyl sites for hydroxylation is 2. The van der Waals surface area contributed by atoms with E-state index in [2.05, 4.69) is 4.72 Å². The monoisotopic (exact) mass is 415 g/mol. The molecule has 0 saturated carbocycles. The molecule has 1 heterocycles. The summed E-state index contributed by atoms with van der Waals surface area (Å²) >= 11 is 0. The molecule has 3 rings (SSSR count). The number of sulfonamides is 1. The summed E-state index contributed by atoms with van der Waals surface area (Å²) in [6.45, 7) is 4.79. The van der Waals surface area contributed by atoms with Crippen LogP contribution >= 0.6 is 0 Å². The van der Waals surface area contributed by atoms with Crippen molar-refractivity contribution in [3.8, 4) is 0 Å². The molecular weight excluding hydrogens is 390 g/mol. The summed E-state index contributed by atoms with van der Waals surface area (Å²) in [4.78, 5) is 25.6. The molecule has 0 atom stereocenters. The van der Waals surface area contributed by atoms with Crippen LogP contribution in [0.4, 0.5) is 5.69 Å². The van der Waals surface area contributed by atoms with Crippen molar-refractivity contribution in [3.05, 3.63) is 59.2 Å². The number of likely N-dealkylation sites (tertiary alicyclic amines) is 1. The number of benzene rings is 2. The largest absolute Gasteiger partial charge is 0.369 e. The molecule has 0 radical (unpaired) electrons. The molecule has 2 aromatic carbocycles. The molecule has 2 aromatic rings. The van der Waals surface area contributed by atoms with Crippen LogP contribution in [0.5, 0.6) is 0 Å². The zero-order valence-corrected chi connectivity index (χ0v) is 17.3. The minimum Gasteiger partial charge on any atom is -0.369 e. The van der Waals surface area contributed by atoms with Crippen molar-refractivity contribution in [3.63, 3.8) is 0 Å². The fourth-order valence-corrected chi connectivity index (χ4v) is 4.39. The molecule has 1 saturated heterocycles. The van der Waals surface area contributed by atoms with Gasteiger partial charge in [-0.2, -0.15) is 0 Å². The Morgan fingerprint density at radius 2 is 1.62 bits per heavy atom. The van der Waals surface area contributed by atoms with Gasteiger partial charge in [0.2, 0.25) is 5.91 Å². The molecule has 0 spiro atoms. The molecule has 7 nitrogen and oxygen atoms in total. The van der Waals surface area contributed by atoms with Crippen LogP contribution in [0.3, 0.4) is 0 Å². The molecule has 154 valence electrons. The Labute approximate surface area is 171 Å². The molecule has 0 bridgehead atoms. The highest BCUT2D eigenvalue weighted by molar-refractivity contribution is 7.92. The first-order valence-electron chi connectivity index (χ1n) is 9.46. The Balaban J connectivity index is 1.69. The Hall–Kier alpha value is -2.87. The maximum atomic E-state index is 12.6. The van der Waals surface area contributed by atoms with E-state index < -0.39 is 10.0 Å². The van der Waals surface area contributed by atoms with E-state index in [-0.39, 0.29) is 22.6 Å². The van der Waals surface area contributed by atoms with E-state index in [9.17, 15) is 18.0 Å². The van der Waals surface area contributed by atoms with E-state index in [1.165, 1.54) is 24.3 Å². The first-order chi connectivity index (χ1) is 13.7. The predicted octanol–water partition coefficient (Wildman–Crippen LogP) is 2.44. The molecule has 2 amide bonds. The van der Waals surface area contributed by atoms with Crippen molar-refractivity contribution in [1.82, 2.24) is 4.90 Å². The lowest BCUT2D eigenvalue weighted by atomic mass is 9.96. The van der Waals surface area contributed by atoms with Crippen LogP contribution in [0.15, 0.2) is 47.4 Å². The quantitative estimate of drug-likeness (QED) is 0.781. The maximum absolute atomic E-state index is 12.6. The summed E-state index contributed by atoms with van der Waals surface area (Å²) < 4.78 is 27.8. The third-order valence-corrected chi connectivity index (χ3v) is 6.75. The number of hydrogen-bond acceptors (Lipinski definition) is 4. The van der Waals surface area contributed by atoms with Gasteiger partial charge in [-0.25, -0.2) is 8.42 Å². The lowest BCUT2D eigenvalue weighted by Gasteiger charge is -2.30. The Morgan fingerprint density at radius 1 is 1.00 bits per heavy atom. The third-order valence-electron chi connectivity index (χ3n) is 5.36. The molecule has 0 aromatic heterocycles. The number of rotatable bonds is 5. The molecule has 29 heavy (non-hydrogen) atoms. The number of carbonyl (C=O) groups excluding carboxylic acids is 2. The number of carbonyl (C=O) groups is 2. The fraction of sp³-hybridized carbons (Fsp3) is 0.333. The van der Waals surface area contributed by atoms with Gasteiger partial charge in [-0.1, -0.05) is 6.07 Å². The zero-order valence-electron chi connectivity index (χ0n) is 16.5. The Bertz CT molecular complexity index is 1020. The van der Waals surface area contributed by atoms with Gasteiger partial charge < -0.3 is 10.6 Å². The summed E-state index contributed by atoms with van der Waals surface area (Å²) in [7, 11) is -3.75. The lowest BCUT2D eigenvalue weighted by molar-refractivity contribution is -0.123. The number of nitrogens with two attached hydrogens (primary N) is 1. The summed E-state index contributed by atoms with van der Waals surface area (Å²) in [5.74, 6) is -0.704. The second kappa shape index (κ2) is 8.24. The minimum atomic E-state index is -3.75. The van der Waals surface area contributed by atoms with Gasteiger partial charge in [0.05, 0.1) is 4.90 Å². The lowest BCUT2D eigenvalue weighted by Crippen LogP contribution is -2.41. The average Bonchev–Trinajstić information content (AvgIpc) is 2.70. The molecule has 0 unspecified atom stereocenters. The zero-order chi connectivity index (χ0) is 21.2. The molecular formula is C21H25N3O4S. The highest BCUT2D eigenvalue weighted by Crippen LogP contribution is 2.21. The predicted molar refractivity (Wildman–Crippen MR) is 111 cm³/mol. The van der Waals surface area contributed by atoms with Crippen LogP contribution in [0.2, 0.25) is 0 Å². The minimum absolute atomic E-state index is 0.0831. The topological polar surface area (TPSA) is 110 Å². The van der Waals surface area contributed by atoms with Crippen LogP contribution in [-0.2, 0) is 14.8 Å². The second-order valence-corrected chi connectivity index (χ2v) is 9.08. The van der Waals surface area contributed by atoms with E-state index in [4.69, 9.17) is 5.73 Å². The van der Waals surface area contributed by atoms with Gasteiger partial charge in [0.15, 0.2) is 0 Å². The highest BCUT2D eigenvalue weighted by Gasteiger charge is 2.26. The van der Waals surface area contributed by atoms with Gasteiger partial charge in [-0.15, -0.1) is 0 Å². The highest BCUT2D eigenvalue weighted by atomic mass is 32.2. The standard InChI is InChI=1S/C21H25N3O4S/c1-14-3-6-18(13-15(14)2)23-29(27,28)19-7-4-17(5-8-19)21(26)24-11-9-16(10-12-24)20(22)25/h3-8,13,16,23H,9-12H2,1-2H3,(H2,22,25). The number of nitrogens with zero attached hydrogens (tertiary/aromatic N) is 1. The van der Waals surface area contributed by atoms with Crippen molar-refractivity contribution in [1.29, 1.82) is 0 Å². The number of nitrogens with one attached hydrogen (secondary N) is 1. The average molecular weight is 416 g/mol. The van der Waals surface area contributed by atoms with E-state index in [0.717, 1.165) is 11.1 Å². The van der Waals surface area contributed by atoms with Crippen LogP contribution in [0, 0.1) is 19.8 Å². The molecule has 8 heteroatoms. The first-order valence-corrected chi connectivity index (χ1v) is 10.9. The Morgan fingerprint density at radius 3 is 2.17 bits per heavy atom. The van der Waals surface area contributed by atoms with Crippen molar-refractivity contribution >= 4 is 27.5 Å². The van der Waals surface area contributed by atoms with Crippen LogP contribution < -0.4 is 10.5 Å². The van der Waals surface area contributed by atoms with Gasteiger partial charge in [0.1, 0.15) is 0 Å². The third kappa shape index (κ3) is 4.76. The van der Waals surface area contributed by atoms with Crippen molar-refractivity contribution in [2.75, 3.05) is 17.8 Å². The van der Waals surface area contributed by atoms with Gasteiger partial charge in [0.25, 0.3) is 15.9 Å². The van der Waals surface area contributed by atoms with Crippen LogP contribution in [-0.4, -0.2) is 38.2 Å². The van der Waals surface area contributed by atoms with Gasteiger partial charge in [-0.05, 0) is 74.2 Å². The van der Waals surface area contributed by atoms with E-state index in [1.807, 2.05) is 19.9 Å². The number of hydrogen-bond donors (Lipinski definition) is 2. The molecule has 1 aliphatic rings. The summed E-state index contributed by atoms with van der Waals surface area (Å²) in [5.41, 5.74) is 8.30. The number of anilines is 1. The summed E-state index contributed by atoms with van der Waals surface area (Å²) in [6, 6.07) is 11.2. The first kappa shape index (κ1) is 20.9. The second-order valence-electron chi connectivity index (χ2n) is 7.40. The van der Waals surface area contributed by atoms with Crippen LogP contribution in [0.1, 0.15) is 34.3 Å². The van der Waals surface area contributed by atoms with Crippen molar-refractivity contribution in [2.45, 2.75) is 31.6 Å². The maximum Gasteiger partial charge on any atom is 0.261 e. The van der Waals surface area contributed by atoms with E-state index >= 15 is 0 Å². The van der Waals surface area contributed by atoms with E-state index in [0.29, 0.717) is 37.2 Å². The van der Waals surface area contributed by atoms with Gasteiger partial charge in [0, 0.05) is 30.3 Å². The number of piperidine rings is 1. The fourth-order valence-electron chi connectivity index (χ4n) is 3.35. The molecule has 0 aliphatic carbocycles. The van der Waals surface area contributed by atoms with Crippen LogP contribution in [0.25, 0.3) is 0 Å². The summed E-state index contributed by atoms with van der Waals surface area (Å²) in [6.07, 6.45) is 1.10. The molecule has 1 fully saturated rings.